The van der Waals surface area contributed by atoms with E-state index in [-0.39, 0.29) is 0 Å². The van der Waals surface area contributed by atoms with Gasteiger partial charge in [-0.2, -0.15) is 11.3 Å². The van der Waals surface area contributed by atoms with Gasteiger partial charge < -0.3 is 10.3 Å². The number of carbonyl (C=O) groups excluding carboxylic acids is 1. The number of nitrogens with zero attached hydrogens (tertiary/aromatic N) is 1. The number of primary amides is 1. The minimum absolute atomic E-state index is 0.396. The van der Waals surface area contributed by atoms with Gasteiger partial charge in [-0.15, -0.1) is 0 Å². The monoisotopic (exact) mass is 382 g/mol. The van der Waals surface area contributed by atoms with Gasteiger partial charge in [0.1, 0.15) is 0 Å². The summed E-state index contributed by atoms with van der Waals surface area (Å²) in [6.07, 6.45) is 0. The zero-order valence-electron chi connectivity index (χ0n) is 15.1. The highest BCUT2D eigenvalue weighted by atomic mass is 32.1. The number of aromatic nitrogens is 1. The number of benzene rings is 3. The van der Waals surface area contributed by atoms with Gasteiger partial charge in [-0.25, -0.2) is 0 Å². The molecule has 1 amide bonds. The van der Waals surface area contributed by atoms with Crippen LogP contribution in [0.3, 0.4) is 0 Å². The van der Waals surface area contributed by atoms with Crippen molar-refractivity contribution in [2.45, 2.75) is 6.54 Å². The molecule has 0 spiro atoms. The average Bonchev–Trinajstić information content (AvgIpc) is 3.35. The highest BCUT2D eigenvalue weighted by molar-refractivity contribution is 7.07. The van der Waals surface area contributed by atoms with Crippen LogP contribution in [0.15, 0.2) is 83.6 Å². The normalized spacial score (nSPS) is 11.3. The Morgan fingerprint density at radius 2 is 1.75 bits per heavy atom. The molecular weight excluding hydrogens is 364 g/mol. The summed E-state index contributed by atoms with van der Waals surface area (Å²) in [6.45, 7) is 0.754. The molecule has 0 saturated carbocycles. The molecule has 136 valence electrons. The Morgan fingerprint density at radius 1 is 0.893 bits per heavy atom. The first-order chi connectivity index (χ1) is 13.7. The largest absolute Gasteiger partial charge is 0.366 e. The van der Waals surface area contributed by atoms with E-state index >= 15 is 0 Å². The predicted molar refractivity (Wildman–Crippen MR) is 117 cm³/mol. The fourth-order valence-corrected chi connectivity index (χ4v) is 4.56. The van der Waals surface area contributed by atoms with E-state index in [1.807, 2.05) is 30.3 Å². The first-order valence-corrected chi connectivity index (χ1v) is 10.1. The van der Waals surface area contributed by atoms with Crippen LogP contribution in [0.4, 0.5) is 0 Å². The Balaban J connectivity index is 1.84. The number of nitrogens with two attached hydrogens (primary N) is 1. The van der Waals surface area contributed by atoms with Crippen molar-refractivity contribution in [1.29, 1.82) is 0 Å². The van der Waals surface area contributed by atoms with Gasteiger partial charge in [0.15, 0.2) is 0 Å². The van der Waals surface area contributed by atoms with E-state index in [0.717, 1.165) is 33.9 Å². The quantitative estimate of drug-likeness (QED) is 0.428. The van der Waals surface area contributed by atoms with E-state index in [1.54, 1.807) is 11.3 Å². The first kappa shape index (κ1) is 16.8. The summed E-state index contributed by atoms with van der Waals surface area (Å²) in [5, 5.41) is 6.24. The molecule has 4 heteroatoms. The van der Waals surface area contributed by atoms with E-state index in [9.17, 15) is 4.79 Å². The second-order valence-corrected chi connectivity index (χ2v) is 7.66. The molecule has 0 bridgehead atoms. The van der Waals surface area contributed by atoms with Crippen molar-refractivity contribution >= 4 is 39.0 Å². The van der Waals surface area contributed by atoms with Gasteiger partial charge in [0.25, 0.3) is 0 Å². The molecule has 0 fully saturated rings. The van der Waals surface area contributed by atoms with Gasteiger partial charge in [0.05, 0.1) is 11.0 Å². The number of hydrogen-bond donors (Lipinski definition) is 1. The molecule has 2 aromatic heterocycles. The van der Waals surface area contributed by atoms with Crippen LogP contribution in [0.2, 0.25) is 0 Å². The van der Waals surface area contributed by atoms with E-state index < -0.39 is 5.91 Å². The third-order valence-corrected chi connectivity index (χ3v) is 5.92. The number of amides is 1. The van der Waals surface area contributed by atoms with Gasteiger partial charge in [0, 0.05) is 22.9 Å². The van der Waals surface area contributed by atoms with E-state index in [1.165, 1.54) is 11.1 Å². The summed E-state index contributed by atoms with van der Waals surface area (Å²) in [4.78, 5) is 12.1. The number of rotatable bonds is 4. The van der Waals surface area contributed by atoms with Crippen LogP contribution in [0.5, 0.6) is 0 Å². The SMILES string of the molecule is NC(=O)c1cccc2c1c1ccc(-c3ccccc3)cc1n2Cc1ccsc1. The van der Waals surface area contributed by atoms with Gasteiger partial charge in [-0.3, -0.25) is 4.79 Å². The first-order valence-electron chi connectivity index (χ1n) is 9.13. The zero-order chi connectivity index (χ0) is 19.1. The fourth-order valence-electron chi connectivity index (χ4n) is 3.90. The van der Waals surface area contributed by atoms with Gasteiger partial charge in [0.2, 0.25) is 5.91 Å². The van der Waals surface area contributed by atoms with Gasteiger partial charge in [-0.05, 0) is 51.7 Å². The Kier molecular flexibility index (Phi) is 3.99. The van der Waals surface area contributed by atoms with Crippen LogP contribution in [0.25, 0.3) is 32.9 Å². The van der Waals surface area contributed by atoms with Crippen molar-refractivity contribution in [3.63, 3.8) is 0 Å². The fraction of sp³-hybridized carbons (Fsp3) is 0.0417. The molecule has 28 heavy (non-hydrogen) atoms. The molecule has 0 saturated heterocycles. The Hall–Kier alpha value is -3.37. The van der Waals surface area contributed by atoms with Gasteiger partial charge >= 0.3 is 0 Å². The lowest BCUT2D eigenvalue weighted by atomic mass is 10.0. The maximum Gasteiger partial charge on any atom is 0.249 e. The molecule has 5 aromatic rings. The minimum Gasteiger partial charge on any atom is -0.366 e. The summed E-state index contributed by atoms with van der Waals surface area (Å²) < 4.78 is 2.28. The van der Waals surface area contributed by atoms with E-state index in [4.69, 9.17) is 5.73 Å². The molecule has 0 aliphatic carbocycles. The lowest BCUT2D eigenvalue weighted by molar-refractivity contribution is 0.100. The third kappa shape index (κ3) is 2.70. The number of carbonyl (C=O) groups is 1. The Labute approximate surface area is 166 Å². The van der Waals surface area contributed by atoms with Crippen molar-refractivity contribution in [1.82, 2.24) is 4.57 Å². The molecule has 5 rings (SSSR count). The summed E-state index contributed by atoms with van der Waals surface area (Å²) in [6, 6.07) is 24.7. The summed E-state index contributed by atoms with van der Waals surface area (Å²) >= 11 is 1.69. The standard InChI is InChI=1S/C24H18N2OS/c25-24(27)20-7-4-8-21-23(20)19-10-9-18(17-5-2-1-3-6-17)13-22(19)26(21)14-16-11-12-28-15-16/h1-13,15H,14H2,(H2,25,27). The minimum atomic E-state index is -0.396. The lowest BCUT2D eigenvalue weighted by Crippen LogP contribution is -2.11. The molecule has 0 unspecified atom stereocenters. The lowest BCUT2D eigenvalue weighted by Gasteiger charge is -2.08. The van der Waals surface area contributed by atoms with Crippen LogP contribution in [0.1, 0.15) is 15.9 Å². The van der Waals surface area contributed by atoms with Crippen molar-refractivity contribution in [2.75, 3.05) is 0 Å². The zero-order valence-corrected chi connectivity index (χ0v) is 15.9. The molecule has 0 atom stereocenters. The van der Waals surface area contributed by atoms with Crippen LogP contribution in [-0.4, -0.2) is 10.5 Å². The van der Waals surface area contributed by atoms with E-state index in [0.29, 0.717) is 5.56 Å². The predicted octanol–water partition coefficient (Wildman–Crippen LogP) is 5.67. The summed E-state index contributed by atoms with van der Waals surface area (Å²) in [7, 11) is 0. The smallest absolute Gasteiger partial charge is 0.249 e. The van der Waals surface area contributed by atoms with Gasteiger partial charge in [-0.1, -0.05) is 48.5 Å². The molecule has 0 radical (unpaired) electrons. The Bertz CT molecular complexity index is 1300. The number of fused-ring (bicyclic) bond motifs is 3. The van der Waals surface area contributed by atoms with Crippen LogP contribution in [-0.2, 0) is 6.54 Å². The van der Waals surface area contributed by atoms with Crippen molar-refractivity contribution < 1.29 is 4.79 Å². The van der Waals surface area contributed by atoms with Crippen molar-refractivity contribution in [3.8, 4) is 11.1 Å². The molecule has 0 aliphatic heterocycles. The highest BCUT2D eigenvalue weighted by Gasteiger charge is 2.17. The number of hydrogen-bond acceptors (Lipinski definition) is 2. The maximum atomic E-state index is 12.1. The van der Waals surface area contributed by atoms with E-state index in [2.05, 4.69) is 57.8 Å². The van der Waals surface area contributed by atoms with Crippen LogP contribution >= 0.6 is 11.3 Å². The second kappa shape index (κ2) is 6.66. The summed E-state index contributed by atoms with van der Waals surface area (Å²) in [5.74, 6) is -0.396. The summed E-state index contributed by atoms with van der Waals surface area (Å²) in [5.41, 5.74) is 12.0. The molecule has 3 aromatic carbocycles. The van der Waals surface area contributed by atoms with Crippen molar-refractivity contribution in [2.24, 2.45) is 5.73 Å². The average molecular weight is 382 g/mol. The van der Waals surface area contributed by atoms with Crippen LogP contribution in [0, 0.1) is 0 Å². The topological polar surface area (TPSA) is 48.0 Å². The maximum absolute atomic E-state index is 12.1. The molecule has 0 aliphatic rings. The second-order valence-electron chi connectivity index (χ2n) is 6.88. The third-order valence-electron chi connectivity index (χ3n) is 5.18. The number of thiophene rings is 1. The van der Waals surface area contributed by atoms with Crippen molar-refractivity contribution in [3.05, 3.63) is 94.7 Å². The molecule has 2 N–H and O–H groups in total. The Morgan fingerprint density at radius 3 is 2.50 bits per heavy atom. The molecule has 2 heterocycles. The molecular formula is C24H18N2OS. The van der Waals surface area contributed by atoms with Crippen LogP contribution < -0.4 is 5.73 Å². The molecule has 3 nitrogen and oxygen atoms in total. The highest BCUT2D eigenvalue weighted by Crippen LogP contribution is 2.35.